The van der Waals surface area contributed by atoms with Crippen LogP contribution < -0.4 is 0 Å². The van der Waals surface area contributed by atoms with Gasteiger partial charge < -0.3 is 4.98 Å². The Bertz CT molecular complexity index is 780. The first-order valence-electron chi connectivity index (χ1n) is 5.66. The molecule has 0 radical (unpaired) electrons. The number of aromatic nitrogens is 2. The molecule has 0 saturated heterocycles. The van der Waals surface area contributed by atoms with E-state index in [-0.39, 0.29) is 0 Å². The van der Waals surface area contributed by atoms with E-state index < -0.39 is 0 Å². The molecule has 19 heavy (non-hydrogen) atoms. The number of hydrogen-bond donors (Lipinski definition) is 1. The van der Waals surface area contributed by atoms with E-state index in [2.05, 4.69) is 47.9 Å². The Morgan fingerprint density at radius 1 is 1.16 bits per heavy atom. The van der Waals surface area contributed by atoms with Gasteiger partial charge >= 0.3 is 0 Å². The highest BCUT2D eigenvalue weighted by molar-refractivity contribution is 9.10. The highest BCUT2D eigenvalue weighted by atomic mass is 79.9. The van der Waals surface area contributed by atoms with Crippen molar-refractivity contribution in [1.29, 1.82) is 0 Å². The van der Waals surface area contributed by atoms with Crippen LogP contribution in [0.1, 0.15) is 5.56 Å². The molecule has 0 atom stereocenters. The van der Waals surface area contributed by atoms with Crippen molar-refractivity contribution in [3.05, 3.63) is 49.9 Å². The maximum atomic E-state index is 6.05. The third-order valence-corrected chi connectivity index (χ3v) is 4.31. The van der Waals surface area contributed by atoms with Crippen molar-refractivity contribution < 1.29 is 0 Å². The topological polar surface area (TPSA) is 28.7 Å². The van der Waals surface area contributed by atoms with E-state index in [1.165, 1.54) is 0 Å². The summed E-state index contributed by atoms with van der Waals surface area (Å²) in [4.78, 5) is 7.99. The van der Waals surface area contributed by atoms with Crippen LogP contribution in [0.5, 0.6) is 0 Å². The van der Waals surface area contributed by atoms with Crippen molar-refractivity contribution in [2.24, 2.45) is 0 Å². The summed E-state index contributed by atoms with van der Waals surface area (Å²) in [6.45, 7) is 2.05. The van der Waals surface area contributed by atoms with Crippen molar-refractivity contribution >= 4 is 54.5 Å². The number of H-pyrrole nitrogens is 1. The lowest BCUT2D eigenvalue weighted by atomic mass is 10.2. The Hall–Kier alpha value is -0.840. The predicted molar refractivity (Wildman–Crippen MR) is 86.7 cm³/mol. The maximum absolute atomic E-state index is 6.05. The molecule has 2 aromatic carbocycles. The van der Waals surface area contributed by atoms with E-state index in [4.69, 9.17) is 11.6 Å². The highest BCUT2D eigenvalue weighted by Gasteiger charge is 2.11. The molecule has 1 N–H and O–H groups in total. The van der Waals surface area contributed by atoms with Gasteiger partial charge in [0.2, 0.25) is 0 Å². The number of imidazole rings is 1. The molecule has 0 aliphatic rings. The van der Waals surface area contributed by atoms with Gasteiger partial charge in [-0.2, -0.15) is 0 Å². The van der Waals surface area contributed by atoms with E-state index in [0.717, 1.165) is 36.9 Å². The number of aryl methyl sites for hydroxylation is 1. The fourth-order valence-corrected chi connectivity index (χ4v) is 3.23. The molecule has 0 unspecified atom stereocenters. The normalized spacial score (nSPS) is 11.2. The predicted octanol–water partition coefficient (Wildman–Crippen LogP) is 5.72. The molecule has 0 aliphatic carbocycles. The second-order valence-electron chi connectivity index (χ2n) is 4.33. The quantitative estimate of drug-likeness (QED) is 0.556. The molecular formula is C14H9Br2ClN2. The summed E-state index contributed by atoms with van der Waals surface area (Å²) < 4.78 is 2.01. The fraction of sp³-hybridized carbons (Fsp3) is 0.0714. The number of aromatic amines is 1. The zero-order valence-electron chi connectivity index (χ0n) is 9.97. The molecule has 0 spiro atoms. The van der Waals surface area contributed by atoms with Gasteiger partial charge in [-0.3, -0.25) is 0 Å². The SMILES string of the molecule is Cc1cc(Br)cc2[nH]c(-c3cc(Cl)ccc3Br)nc12. The van der Waals surface area contributed by atoms with Gasteiger partial charge in [0, 0.05) is 19.5 Å². The summed E-state index contributed by atoms with van der Waals surface area (Å²) in [6, 6.07) is 9.75. The first kappa shape index (κ1) is 13.2. The van der Waals surface area contributed by atoms with Crippen molar-refractivity contribution in [3.8, 4) is 11.4 Å². The van der Waals surface area contributed by atoms with Gasteiger partial charge in [-0.25, -0.2) is 4.98 Å². The minimum atomic E-state index is 0.691. The van der Waals surface area contributed by atoms with Crippen LogP contribution in [-0.4, -0.2) is 9.97 Å². The van der Waals surface area contributed by atoms with Gasteiger partial charge in [-0.1, -0.05) is 43.5 Å². The van der Waals surface area contributed by atoms with Gasteiger partial charge in [-0.05, 0) is 42.8 Å². The summed E-state index contributed by atoms with van der Waals surface area (Å²) in [5.74, 6) is 0.811. The molecule has 1 heterocycles. The lowest BCUT2D eigenvalue weighted by molar-refractivity contribution is 1.32. The maximum Gasteiger partial charge on any atom is 0.139 e. The molecule has 5 heteroatoms. The van der Waals surface area contributed by atoms with Crippen LogP contribution in [0.4, 0.5) is 0 Å². The lowest BCUT2D eigenvalue weighted by Crippen LogP contribution is -1.82. The van der Waals surface area contributed by atoms with Crippen molar-refractivity contribution in [1.82, 2.24) is 9.97 Å². The van der Waals surface area contributed by atoms with Crippen LogP contribution in [0.15, 0.2) is 39.3 Å². The average molecular weight is 401 g/mol. The van der Waals surface area contributed by atoms with E-state index in [1.807, 2.05) is 31.2 Å². The Morgan fingerprint density at radius 3 is 2.74 bits per heavy atom. The molecule has 3 rings (SSSR count). The first-order valence-corrected chi connectivity index (χ1v) is 7.62. The summed E-state index contributed by atoms with van der Waals surface area (Å²) in [6.07, 6.45) is 0. The van der Waals surface area contributed by atoms with Crippen LogP contribution in [0.2, 0.25) is 5.02 Å². The zero-order chi connectivity index (χ0) is 13.6. The molecular weight excluding hydrogens is 391 g/mol. The van der Waals surface area contributed by atoms with Crippen LogP contribution in [0.25, 0.3) is 22.4 Å². The molecule has 2 nitrogen and oxygen atoms in total. The third kappa shape index (κ3) is 2.45. The van der Waals surface area contributed by atoms with Gasteiger partial charge in [0.1, 0.15) is 5.82 Å². The number of nitrogens with zero attached hydrogens (tertiary/aromatic N) is 1. The Morgan fingerprint density at radius 2 is 1.95 bits per heavy atom. The number of benzene rings is 2. The van der Waals surface area contributed by atoms with Crippen LogP contribution in [0.3, 0.4) is 0 Å². The molecule has 1 aromatic heterocycles. The lowest BCUT2D eigenvalue weighted by Gasteiger charge is -2.00. The van der Waals surface area contributed by atoms with E-state index in [0.29, 0.717) is 5.02 Å². The molecule has 0 bridgehead atoms. The minimum Gasteiger partial charge on any atom is -0.338 e. The first-order chi connectivity index (χ1) is 9.04. The largest absolute Gasteiger partial charge is 0.338 e. The number of hydrogen-bond acceptors (Lipinski definition) is 1. The van der Waals surface area contributed by atoms with Crippen LogP contribution >= 0.6 is 43.5 Å². The smallest absolute Gasteiger partial charge is 0.139 e. The summed E-state index contributed by atoms with van der Waals surface area (Å²) in [5.41, 5.74) is 4.07. The van der Waals surface area contributed by atoms with Crippen LogP contribution in [-0.2, 0) is 0 Å². The van der Waals surface area contributed by atoms with Gasteiger partial charge in [0.15, 0.2) is 0 Å². The Kier molecular flexibility index (Phi) is 3.41. The second kappa shape index (κ2) is 4.93. The number of fused-ring (bicyclic) bond motifs is 1. The number of rotatable bonds is 1. The zero-order valence-corrected chi connectivity index (χ0v) is 13.9. The minimum absolute atomic E-state index is 0.691. The fourth-order valence-electron chi connectivity index (χ4n) is 2.05. The highest BCUT2D eigenvalue weighted by Crippen LogP contribution is 2.31. The summed E-state index contributed by atoms with van der Waals surface area (Å²) in [7, 11) is 0. The summed E-state index contributed by atoms with van der Waals surface area (Å²) >= 11 is 13.1. The van der Waals surface area contributed by atoms with Gasteiger partial charge in [-0.15, -0.1) is 0 Å². The van der Waals surface area contributed by atoms with Crippen LogP contribution in [0, 0.1) is 6.92 Å². The summed E-state index contributed by atoms with van der Waals surface area (Å²) in [5, 5.41) is 0.691. The van der Waals surface area contributed by atoms with Crippen molar-refractivity contribution in [2.75, 3.05) is 0 Å². The van der Waals surface area contributed by atoms with Gasteiger partial charge in [0.05, 0.1) is 11.0 Å². The molecule has 0 aliphatic heterocycles. The van der Waals surface area contributed by atoms with Crippen molar-refractivity contribution in [3.63, 3.8) is 0 Å². The molecule has 0 amide bonds. The second-order valence-corrected chi connectivity index (χ2v) is 6.53. The average Bonchev–Trinajstić information content (AvgIpc) is 2.76. The third-order valence-electron chi connectivity index (χ3n) is 2.93. The van der Waals surface area contributed by atoms with E-state index in [9.17, 15) is 0 Å². The monoisotopic (exact) mass is 398 g/mol. The van der Waals surface area contributed by atoms with E-state index in [1.54, 1.807) is 0 Å². The molecule has 0 saturated carbocycles. The molecule has 0 fully saturated rings. The number of halogens is 3. The Balaban J connectivity index is 2.26. The Labute approximate surface area is 132 Å². The molecule has 3 aromatic rings. The van der Waals surface area contributed by atoms with E-state index >= 15 is 0 Å². The number of nitrogens with one attached hydrogen (secondary N) is 1. The molecule has 96 valence electrons. The standard InChI is InChI=1S/C14H9Br2ClN2/c1-7-4-8(15)5-12-13(7)19-14(18-12)10-6-9(17)2-3-11(10)16/h2-6H,1H3,(H,18,19). The van der Waals surface area contributed by atoms with Crippen molar-refractivity contribution in [2.45, 2.75) is 6.92 Å². The van der Waals surface area contributed by atoms with Gasteiger partial charge in [0.25, 0.3) is 0 Å².